The topological polar surface area (TPSA) is 37.3 Å². The molecule has 0 bridgehead atoms. The van der Waals surface area contributed by atoms with Gasteiger partial charge in [-0.1, -0.05) is 13.8 Å². The molecule has 4 fully saturated rings. The Bertz CT molecular complexity index is 500. The Morgan fingerprint density at radius 3 is 2.35 bits per heavy atom. The number of aliphatic hydroxyl groups excluding tert-OH is 1. The molecule has 8 atom stereocenters. The number of rotatable bonds is 1. The smallest absolute Gasteiger partial charge is 0.133 e. The predicted octanol–water partition coefficient (Wildman–Crippen LogP) is 4.60. The second-order valence-corrected chi connectivity index (χ2v) is 9.87. The third-order valence-corrected chi connectivity index (χ3v) is 9.13. The number of hydrogen-bond donors (Lipinski definition) is 1. The fourth-order valence-electron chi connectivity index (χ4n) is 7.90. The Kier molecular flexibility index (Phi) is 3.72. The fourth-order valence-corrected chi connectivity index (χ4v) is 7.90. The van der Waals surface area contributed by atoms with Gasteiger partial charge in [0.05, 0.1) is 6.10 Å². The van der Waals surface area contributed by atoms with Crippen molar-refractivity contribution in [1.29, 1.82) is 0 Å². The van der Waals surface area contributed by atoms with Gasteiger partial charge in [-0.3, -0.25) is 4.79 Å². The van der Waals surface area contributed by atoms with Gasteiger partial charge in [-0.05, 0) is 99.2 Å². The molecule has 23 heavy (non-hydrogen) atoms. The molecule has 0 saturated heterocycles. The van der Waals surface area contributed by atoms with Gasteiger partial charge in [0.15, 0.2) is 0 Å². The van der Waals surface area contributed by atoms with Crippen LogP contribution < -0.4 is 0 Å². The minimum atomic E-state index is -0.0490. The molecule has 4 saturated carbocycles. The van der Waals surface area contributed by atoms with Crippen LogP contribution in [-0.2, 0) is 4.79 Å². The van der Waals surface area contributed by atoms with E-state index in [0.717, 1.165) is 42.9 Å². The van der Waals surface area contributed by atoms with E-state index in [0.29, 0.717) is 17.1 Å². The second kappa shape index (κ2) is 5.31. The number of aliphatic hydroxyl groups is 1. The van der Waals surface area contributed by atoms with Crippen molar-refractivity contribution in [1.82, 2.24) is 0 Å². The lowest BCUT2D eigenvalue weighted by molar-refractivity contribution is -0.138. The van der Waals surface area contributed by atoms with E-state index in [4.69, 9.17) is 0 Å². The fraction of sp³-hybridized carbons (Fsp3) is 0.952. The Morgan fingerprint density at radius 2 is 1.61 bits per heavy atom. The molecule has 130 valence electrons. The number of ketones is 1. The minimum Gasteiger partial charge on any atom is -0.393 e. The molecule has 0 aromatic carbocycles. The highest BCUT2D eigenvalue weighted by molar-refractivity contribution is 5.79. The standard InChI is InChI=1S/C21H34O2/c1-13(22)17-6-7-18-16-5-4-14-12-15(23)8-10-20(14,2)19(16)9-11-21(17,18)3/h14-19,23H,4-12H2,1-3H3/t14-,15?,16+,17-,18+,19+,20+,21-/m1/s1. The average Bonchev–Trinajstić information content (AvgIpc) is 2.85. The average molecular weight is 319 g/mol. The number of carbonyl (C=O) groups excluding carboxylic acids is 1. The first-order chi connectivity index (χ1) is 10.9. The van der Waals surface area contributed by atoms with Crippen molar-refractivity contribution in [2.75, 3.05) is 0 Å². The van der Waals surface area contributed by atoms with Crippen LogP contribution >= 0.6 is 0 Å². The molecule has 4 rings (SSSR count). The largest absolute Gasteiger partial charge is 0.393 e. The first-order valence-electron chi connectivity index (χ1n) is 10.0. The van der Waals surface area contributed by atoms with Crippen LogP contribution in [0.4, 0.5) is 0 Å². The zero-order valence-corrected chi connectivity index (χ0v) is 15.2. The Balaban J connectivity index is 1.61. The molecule has 0 radical (unpaired) electrons. The molecule has 4 aliphatic rings. The van der Waals surface area contributed by atoms with Crippen molar-refractivity contribution < 1.29 is 9.90 Å². The van der Waals surface area contributed by atoms with Crippen LogP contribution in [0.1, 0.15) is 78.6 Å². The van der Waals surface area contributed by atoms with Crippen molar-refractivity contribution in [2.45, 2.75) is 84.7 Å². The zero-order valence-electron chi connectivity index (χ0n) is 15.2. The molecular weight excluding hydrogens is 284 g/mol. The van der Waals surface area contributed by atoms with Crippen LogP contribution in [0.3, 0.4) is 0 Å². The molecular formula is C21H34O2. The van der Waals surface area contributed by atoms with Crippen molar-refractivity contribution >= 4 is 5.78 Å². The lowest BCUT2D eigenvalue weighted by Crippen LogP contribution is -2.54. The van der Waals surface area contributed by atoms with Gasteiger partial charge in [0.25, 0.3) is 0 Å². The zero-order chi connectivity index (χ0) is 16.4. The summed E-state index contributed by atoms with van der Waals surface area (Å²) in [5.41, 5.74) is 0.738. The SMILES string of the molecule is CC(=O)[C@H]1CC[C@H]2[C@@H]3CC[C@@H]4CC(O)CC[C@]4(C)[C@H]3CC[C@]12C. The molecule has 0 aromatic heterocycles. The van der Waals surface area contributed by atoms with Crippen molar-refractivity contribution in [3.8, 4) is 0 Å². The number of Topliss-reactive ketones (excluding diaryl/α,β-unsaturated/α-hetero) is 1. The highest BCUT2D eigenvalue weighted by Gasteiger charge is 2.60. The van der Waals surface area contributed by atoms with Gasteiger partial charge in [-0.2, -0.15) is 0 Å². The quantitative estimate of drug-likeness (QED) is 0.767. The normalized spacial score (nSPS) is 55.7. The Labute approximate surface area is 141 Å². The Hall–Kier alpha value is -0.370. The molecule has 0 amide bonds. The van der Waals surface area contributed by atoms with Gasteiger partial charge in [-0.25, -0.2) is 0 Å². The summed E-state index contributed by atoms with van der Waals surface area (Å²) in [6, 6.07) is 0. The lowest BCUT2D eigenvalue weighted by atomic mass is 9.44. The second-order valence-electron chi connectivity index (χ2n) is 9.87. The van der Waals surface area contributed by atoms with E-state index < -0.39 is 0 Å². The highest BCUT2D eigenvalue weighted by atomic mass is 16.3. The molecule has 0 aromatic rings. The molecule has 0 spiro atoms. The van der Waals surface area contributed by atoms with Crippen LogP contribution in [0, 0.1) is 40.4 Å². The lowest BCUT2D eigenvalue weighted by Gasteiger charge is -2.60. The summed E-state index contributed by atoms with van der Waals surface area (Å²) in [7, 11) is 0. The first kappa shape index (κ1) is 16.1. The summed E-state index contributed by atoms with van der Waals surface area (Å²) in [5.74, 6) is 3.97. The maximum absolute atomic E-state index is 12.2. The molecule has 0 aliphatic heterocycles. The van der Waals surface area contributed by atoms with Crippen LogP contribution in [0.2, 0.25) is 0 Å². The van der Waals surface area contributed by atoms with Gasteiger partial charge in [0, 0.05) is 5.92 Å². The molecule has 2 nitrogen and oxygen atoms in total. The van der Waals surface area contributed by atoms with Gasteiger partial charge in [0.2, 0.25) is 0 Å². The van der Waals surface area contributed by atoms with Crippen LogP contribution in [-0.4, -0.2) is 17.0 Å². The van der Waals surface area contributed by atoms with E-state index in [1.807, 2.05) is 6.92 Å². The van der Waals surface area contributed by atoms with E-state index in [1.165, 1.54) is 38.5 Å². The van der Waals surface area contributed by atoms with Gasteiger partial charge in [-0.15, -0.1) is 0 Å². The summed E-state index contributed by atoms with van der Waals surface area (Å²) < 4.78 is 0. The monoisotopic (exact) mass is 318 g/mol. The first-order valence-corrected chi connectivity index (χ1v) is 10.0. The van der Waals surface area contributed by atoms with Crippen molar-refractivity contribution in [3.05, 3.63) is 0 Å². The summed E-state index contributed by atoms with van der Waals surface area (Å²) in [4.78, 5) is 12.2. The van der Waals surface area contributed by atoms with Gasteiger partial charge >= 0.3 is 0 Å². The molecule has 1 N–H and O–H groups in total. The van der Waals surface area contributed by atoms with Gasteiger partial charge < -0.3 is 5.11 Å². The summed E-state index contributed by atoms with van der Waals surface area (Å²) >= 11 is 0. The summed E-state index contributed by atoms with van der Waals surface area (Å²) in [6.45, 7) is 6.80. The molecule has 4 aliphatic carbocycles. The maximum atomic E-state index is 12.2. The highest BCUT2D eigenvalue weighted by Crippen LogP contribution is 2.67. The van der Waals surface area contributed by atoms with Crippen LogP contribution in [0.15, 0.2) is 0 Å². The third-order valence-electron chi connectivity index (χ3n) is 9.13. The number of hydrogen-bond acceptors (Lipinski definition) is 2. The van der Waals surface area contributed by atoms with E-state index in [-0.39, 0.29) is 11.5 Å². The van der Waals surface area contributed by atoms with Crippen molar-refractivity contribution in [2.24, 2.45) is 40.4 Å². The van der Waals surface area contributed by atoms with Crippen LogP contribution in [0.5, 0.6) is 0 Å². The Morgan fingerprint density at radius 1 is 0.913 bits per heavy atom. The summed E-state index contributed by atoms with van der Waals surface area (Å²) in [6.07, 6.45) is 10.9. The van der Waals surface area contributed by atoms with Crippen LogP contribution in [0.25, 0.3) is 0 Å². The minimum absolute atomic E-state index is 0.0490. The van der Waals surface area contributed by atoms with E-state index in [9.17, 15) is 9.90 Å². The van der Waals surface area contributed by atoms with Crippen molar-refractivity contribution in [3.63, 3.8) is 0 Å². The predicted molar refractivity (Wildman–Crippen MR) is 91.9 cm³/mol. The van der Waals surface area contributed by atoms with E-state index in [1.54, 1.807) is 0 Å². The summed E-state index contributed by atoms with van der Waals surface area (Å²) in [5, 5.41) is 10.1. The number of fused-ring (bicyclic) bond motifs is 5. The van der Waals surface area contributed by atoms with E-state index in [2.05, 4.69) is 13.8 Å². The third kappa shape index (κ3) is 2.19. The van der Waals surface area contributed by atoms with Gasteiger partial charge in [0.1, 0.15) is 5.78 Å². The molecule has 1 unspecified atom stereocenters. The van der Waals surface area contributed by atoms with E-state index >= 15 is 0 Å². The molecule has 0 heterocycles. The maximum Gasteiger partial charge on any atom is 0.133 e. The molecule has 2 heteroatoms. The number of carbonyl (C=O) groups is 1.